The van der Waals surface area contributed by atoms with Gasteiger partial charge in [0.15, 0.2) is 5.76 Å². The summed E-state index contributed by atoms with van der Waals surface area (Å²) in [6.45, 7) is 0.562. The molecule has 2 aromatic heterocycles. The minimum absolute atomic E-state index is 0.178. The quantitative estimate of drug-likeness (QED) is 0.526. The first-order valence-corrected chi connectivity index (χ1v) is 8.36. The van der Waals surface area contributed by atoms with Crippen molar-refractivity contribution >= 4 is 33.4 Å². The third kappa shape index (κ3) is 4.20. The van der Waals surface area contributed by atoms with Crippen LogP contribution in [0.2, 0.25) is 0 Å². The van der Waals surface area contributed by atoms with Crippen LogP contribution in [-0.4, -0.2) is 23.4 Å². The van der Waals surface area contributed by atoms with E-state index in [1.165, 1.54) is 17.6 Å². The van der Waals surface area contributed by atoms with Crippen molar-refractivity contribution < 1.29 is 18.7 Å². The number of ether oxygens (including phenoxy) is 1. The first-order valence-electron chi connectivity index (χ1n) is 7.54. The van der Waals surface area contributed by atoms with Crippen LogP contribution in [0.15, 0.2) is 47.1 Å². The second kappa shape index (κ2) is 7.74. The van der Waals surface area contributed by atoms with Crippen molar-refractivity contribution in [2.24, 2.45) is 0 Å². The number of furan rings is 1. The molecule has 1 N–H and O–H groups in total. The second-order valence-corrected chi connectivity index (χ2v) is 6.19. The molecule has 0 aliphatic rings. The third-order valence-electron chi connectivity index (χ3n) is 3.28. The van der Waals surface area contributed by atoms with Crippen LogP contribution in [0.4, 0.5) is 0 Å². The molecule has 0 fully saturated rings. The Morgan fingerprint density at radius 1 is 1.21 bits per heavy atom. The van der Waals surface area contributed by atoms with Gasteiger partial charge in [0.2, 0.25) is 0 Å². The van der Waals surface area contributed by atoms with Gasteiger partial charge in [-0.15, -0.1) is 11.3 Å². The molecule has 6 nitrogen and oxygen atoms in total. The standard InChI is InChI=1S/C17H16N2O4S/c20-16(8-3-9-18-17(21)13-6-4-10-22-13)23-11-15-19-12-5-1-2-7-14(12)24-15/h1-2,4-7,10H,3,8-9,11H2,(H,18,21). The van der Waals surface area contributed by atoms with E-state index >= 15 is 0 Å². The van der Waals surface area contributed by atoms with Crippen LogP contribution in [0.1, 0.15) is 28.4 Å². The van der Waals surface area contributed by atoms with E-state index in [0.717, 1.165) is 15.2 Å². The number of amides is 1. The van der Waals surface area contributed by atoms with E-state index in [1.54, 1.807) is 12.1 Å². The predicted molar refractivity (Wildman–Crippen MR) is 89.7 cm³/mol. The van der Waals surface area contributed by atoms with Gasteiger partial charge in [0, 0.05) is 13.0 Å². The molecular weight excluding hydrogens is 328 g/mol. The highest BCUT2D eigenvalue weighted by molar-refractivity contribution is 7.18. The lowest BCUT2D eigenvalue weighted by atomic mass is 10.3. The Labute approximate surface area is 142 Å². The van der Waals surface area contributed by atoms with Gasteiger partial charge in [-0.2, -0.15) is 0 Å². The summed E-state index contributed by atoms with van der Waals surface area (Å²) < 4.78 is 11.3. The zero-order valence-corrected chi connectivity index (χ0v) is 13.7. The Morgan fingerprint density at radius 3 is 2.88 bits per heavy atom. The van der Waals surface area contributed by atoms with Gasteiger partial charge in [0.1, 0.15) is 11.6 Å². The van der Waals surface area contributed by atoms with Crippen LogP contribution in [0, 0.1) is 0 Å². The predicted octanol–water partition coefficient (Wildman–Crippen LogP) is 3.14. The highest BCUT2D eigenvalue weighted by Crippen LogP contribution is 2.22. The average molecular weight is 344 g/mol. The van der Waals surface area contributed by atoms with E-state index < -0.39 is 0 Å². The van der Waals surface area contributed by atoms with Crippen LogP contribution < -0.4 is 5.32 Å². The summed E-state index contributed by atoms with van der Waals surface area (Å²) in [5, 5.41) is 3.45. The zero-order valence-electron chi connectivity index (χ0n) is 12.9. The molecule has 3 rings (SSSR count). The summed E-state index contributed by atoms with van der Waals surface area (Å²) in [6, 6.07) is 11.0. The van der Waals surface area contributed by atoms with Gasteiger partial charge in [-0.05, 0) is 30.7 Å². The van der Waals surface area contributed by atoms with Crippen molar-refractivity contribution in [2.45, 2.75) is 19.4 Å². The number of carbonyl (C=O) groups excluding carboxylic acids is 2. The number of fused-ring (bicyclic) bond motifs is 1. The molecule has 0 radical (unpaired) electrons. The number of nitrogens with one attached hydrogen (secondary N) is 1. The Kier molecular flexibility index (Phi) is 5.22. The lowest BCUT2D eigenvalue weighted by Crippen LogP contribution is -2.24. The lowest BCUT2D eigenvalue weighted by Gasteiger charge is -2.04. The lowest BCUT2D eigenvalue weighted by molar-refractivity contribution is -0.145. The number of thiazole rings is 1. The van der Waals surface area contributed by atoms with Crippen molar-refractivity contribution in [2.75, 3.05) is 6.54 Å². The van der Waals surface area contributed by atoms with E-state index in [0.29, 0.717) is 13.0 Å². The maximum Gasteiger partial charge on any atom is 0.306 e. The van der Waals surface area contributed by atoms with Gasteiger partial charge in [0.25, 0.3) is 5.91 Å². The number of nitrogens with zero attached hydrogens (tertiary/aromatic N) is 1. The van der Waals surface area contributed by atoms with Crippen LogP contribution in [-0.2, 0) is 16.1 Å². The van der Waals surface area contributed by atoms with E-state index in [9.17, 15) is 9.59 Å². The molecule has 7 heteroatoms. The molecule has 0 saturated heterocycles. The van der Waals surface area contributed by atoms with Crippen molar-refractivity contribution in [3.05, 3.63) is 53.4 Å². The van der Waals surface area contributed by atoms with Gasteiger partial charge < -0.3 is 14.5 Å². The number of esters is 1. The van der Waals surface area contributed by atoms with Gasteiger partial charge in [0.05, 0.1) is 16.5 Å². The number of rotatable bonds is 7. The maximum atomic E-state index is 11.7. The number of benzene rings is 1. The van der Waals surface area contributed by atoms with Crippen LogP contribution in [0.3, 0.4) is 0 Å². The van der Waals surface area contributed by atoms with E-state index in [2.05, 4.69) is 10.3 Å². The van der Waals surface area contributed by atoms with Gasteiger partial charge in [-0.3, -0.25) is 9.59 Å². The largest absolute Gasteiger partial charge is 0.459 e. The molecule has 1 aromatic carbocycles. The Morgan fingerprint density at radius 2 is 2.08 bits per heavy atom. The maximum absolute atomic E-state index is 11.7. The number of hydrogen-bond donors (Lipinski definition) is 1. The SMILES string of the molecule is O=C(CCCNC(=O)c1ccco1)OCc1nc2ccccc2s1. The van der Waals surface area contributed by atoms with Gasteiger partial charge in [-0.25, -0.2) is 4.98 Å². The first kappa shape index (κ1) is 16.2. The van der Waals surface area contributed by atoms with E-state index in [4.69, 9.17) is 9.15 Å². The van der Waals surface area contributed by atoms with Crippen molar-refractivity contribution in [3.63, 3.8) is 0 Å². The Balaban J connectivity index is 1.36. The Bertz CT molecular complexity index is 793. The Hall–Kier alpha value is -2.67. The smallest absolute Gasteiger partial charge is 0.306 e. The van der Waals surface area contributed by atoms with Crippen LogP contribution >= 0.6 is 11.3 Å². The van der Waals surface area contributed by atoms with Crippen molar-refractivity contribution in [1.29, 1.82) is 0 Å². The van der Waals surface area contributed by atoms with Crippen LogP contribution in [0.5, 0.6) is 0 Å². The summed E-state index contributed by atoms with van der Waals surface area (Å²) in [5.41, 5.74) is 0.911. The molecule has 0 unspecified atom stereocenters. The first-order chi connectivity index (χ1) is 11.7. The minimum Gasteiger partial charge on any atom is -0.459 e. The molecule has 0 atom stereocenters. The monoisotopic (exact) mass is 344 g/mol. The summed E-state index contributed by atoms with van der Waals surface area (Å²) in [7, 11) is 0. The number of aromatic nitrogens is 1. The van der Waals surface area contributed by atoms with Gasteiger partial charge >= 0.3 is 5.97 Å². The molecule has 0 spiro atoms. The molecule has 2 heterocycles. The molecule has 1 amide bonds. The molecule has 0 saturated carbocycles. The second-order valence-electron chi connectivity index (χ2n) is 5.07. The zero-order chi connectivity index (χ0) is 16.8. The molecule has 3 aromatic rings. The van der Waals surface area contributed by atoms with Crippen LogP contribution in [0.25, 0.3) is 10.2 Å². The normalized spacial score (nSPS) is 10.7. The molecule has 24 heavy (non-hydrogen) atoms. The van der Waals surface area contributed by atoms with E-state index in [-0.39, 0.29) is 30.7 Å². The van der Waals surface area contributed by atoms with Gasteiger partial charge in [-0.1, -0.05) is 12.1 Å². The molecular formula is C17H16N2O4S. The third-order valence-corrected chi connectivity index (χ3v) is 4.29. The number of carbonyl (C=O) groups is 2. The summed E-state index contributed by atoms with van der Waals surface area (Å²) >= 11 is 1.51. The number of para-hydroxylation sites is 1. The molecule has 0 aliphatic heterocycles. The minimum atomic E-state index is -0.304. The highest BCUT2D eigenvalue weighted by atomic mass is 32.1. The fraction of sp³-hybridized carbons (Fsp3) is 0.235. The summed E-state index contributed by atoms with van der Waals surface area (Å²) in [5.74, 6) is -0.335. The number of hydrogen-bond acceptors (Lipinski definition) is 6. The fourth-order valence-corrected chi connectivity index (χ4v) is 3.01. The summed E-state index contributed by atoms with van der Waals surface area (Å²) in [6.07, 6.45) is 2.18. The molecule has 0 aliphatic carbocycles. The topological polar surface area (TPSA) is 81.4 Å². The van der Waals surface area contributed by atoms with Crippen molar-refractivity contribution in [1.82, 2.24) is 10.3 Å². The summed E-state index contributed by atoms with van der Waals surface area (Å²) in [4.78, 5) is 27.8. The molecule has 0 bridgehead atoms. The fourth-order valence-electron chi connectivity index (χ4n) is 2.13. The molecule has 124 valence electrons. The van der Waals surface area contributed by atoms with E-state index in [1.807, 2.05) is 24.3 Å². The average Bonchev–Trinajstić information content (AvgIpc) is 3.25. The van der Waals surface area contributed by atoms with Crippen molar-refractivity contribution in [3.8, 4) is 0 Å². The highest BCUT2D eigenvalue weighted by Gasteiger charge is 2.09.